The summed E-state index contributed by atoms with van der Waals surface area (Å²) in [5.41, 5.74) is 0.310. The zero-order valence-corrected chi connectivity index (χ0v) is 9.47. The molecule has 2 rings (SSSR count). The Kier molecular flexibility index (Phi) is 3.93. The summed E-state index contributed by atoms with van der Waals surface area (Å²) in [4.78, 5) is 11.7. The van der Waals surface area contributed by atoms with Crippen LogP contribution in [-0.4, -0.2) is 52.5 Å². The summed E-state index contributed by atoms with van der Waals surface area (Å²) in [6.45, 7) is -0.461. The molecule has 1 heterocycles. The maximum absolute atomic E-state index is 11.7. The van der Waals surface area contributed by atoms with Crippen LogP contribution in [0.25, 0.3) is 0 Å². The van der Waals surface area contributed by atoms with Crippen LogP contribution in [0.1, 0.15) is 10.4 Å². The summed E-state index contributed by atoms with van der Waals surface area (Å²) in [5.74, 6) is -0.666. The first kappa shape index (κ1) is 13.0. The van der Waals surface area contributed by atoms with Crippen molar-refractivity contribution in [3.8, 4) is 0 Å². The highest BCUT2D eigenvalue weighted by Crippen LogP contribution is 2.23. The van der Waals surface area contributed by atoms with Gasteiger partial charge in [0.05, 0.1) is 12.2 Å². The highest BCUT2D eigenvalue weighted by Gasteiger charge is 2.45. The van der Waals surface area contributed by atoms with E-state index in [1.807, 2.05) is 0 Å². The molecule has 0 aromatic heterocycles. The molecule has 4 atom stereocenters. The predicted molar refractivity (Wildman–Crippen MR) is 59.6 cm³/mol. The Morgan fingerprint density at radius 1 is 1.28 bits per heavy atom. The summed E-state index contributed by atoms with van der Waals surface area (Å²) >= 11 is 0. The van der Waals surface area contributed by atoms with Crippen molar-refractivity contribution in [2.75, 3.05) is 6.61 Å². The molecule has 18 heavy (non-hydrogen) atoms. The van der Waals surface area contributed by atoms with Crippen molar-refractivity contribution in [3.05, 3.63) is 35.9 Å². The number of carbonyl (C=O) groups is 1. The van der Waals surface area contributed by atoms with Gasteiger partial charge in [-0.2, -0.15) is 0 Å². The van der Waals surface area contributed by atoms with Crippen molar-refractivity contribution in [2.24, 2.45) is 0 Å². The average Bonchev–Trinajstić information content (AvgIpc) is 2.67. The summed E-state index contributed by atoms with van der Waals surface area (Å²) in [6.07, 6.45) is -4.84. The van der Waals surface area contributed by atoms with Gasteiger partial charge < -0.3 is 24.8 Å². The van der Waals surface area contributed by atoms with Gasteiger partial charge in [-0.25, -0.2) is 4.79 Å². The van der Waals surface area contributed by atoms with E-state index in [9.17, 15) is 15.0 Å². The van der Waals surface area contributed by atoms with Crippen LogP contribution in [0.3, 0.4) is 0 Å². The molecule has 3 N–H and O–H groups in total. The number of hydrogen-bond donors (Lipinski definition) is 3. The molecule has 1 aromatic carbocycles. The molecule has 6 nitrogen and oxygen atoms in total. The Morgan fingerprint density at radius 3 is 2.50 bits per heavy atom. The fourth-order valence-electron chi connectivity index (χ4n) is 1.76. The summed E-state index contributed by atoms with van der Waals surface area (Å²) in [6, 6.07) is 8.21. The number of carbonyl (C=O) groups excluding carboxylic acids is 1. The number of ether oxygens (including phenoxy) is 2. The molecule has 6 heteroatoms. The largest absolute Gasteiger partial charge is 0.450 e. The molecule has 1 saturated heterocycles. The summed E-state index contributed by atoms with van der Waals surface area (Å²) in [7, 11) is 0. The van der Waals surface area contributed by atoms with E-state index in [1.165, 1.54) is 0 Å². The summed E-state index contributed by atoms with van der Waals surface area (Å²) < 4.78 is 9.83. The van der Waals surface area contributed by atoms with Gasteiger partial charge in [0.2, 0.25) is 0 Å². The van der Waals surface area contributed by atoms with Crippen molar-refractivity contribution in [1.82, 2.24) is 0 Å². The smallest absolute Gasteiger partial charge is 0.338 e. The van der Waals surface area contributed by atoms with E-state index in [4.69, 9.17) is 14.6 Å². The van der Waals surface area contributed by atoms with Crippen LogP contribution in [-0.2, 0) is 9.47 Å². The van der Waals surface area contributed by atoms with Crippen molar-refractivity contribution in [1.29, 1.82) is 0 Å². The lowest BCUT2D eigenvalue weighted by Crippen LogP contribution is -2.37. The highest BCUT2D eigenvalue weighted by atomic mass is 16.7. The van der Waals surface area contributed by atoms with E-state index in [0.29, 0.717) is 5.56 Å². The molecule has 98 valence electrons. The van der Waals surface area contributed by atoms with Gasteiger partial charge in [0.15, 0.2) is 12.4 Å². The van der Waals surface area contributed by atoms with Crippen LogP contribution in [0, 0.1) is 0 Å². The fourth-order valence-corrected chi connectivity index (χ4v) is 1.76. The van der Waals surface area contributed by atoms with Crippen LogP contribution in [0.15, 0.2) is 30.3 Å². The molecule has 0 saturated carbocycles. The fraction of sp³-hybridized carbons (Fsp3) is 0.417. The van der Waals surface area contributed by atoms with Crippen molar-refractivity contribution >= 4 is 5.97 Å². The minimum absolute atomic E-state index is 0.310. The Balaban J connectivity index is 2.04. The number of benzene rings is 1. The number of aliphatic hydroxyl groups excluding tert-OH is 3. The lowest BCUT2D eigenvalue weighted by Gasteiger charge is -2.17. The third-order valence-electron chi connectivity index (χ3n) is 2.75. The second kappa shape index (κ2) is 5.45. The van der Waals surface area contributed by atoms with Gasteiger partial charge in [-0.15, -0.1) is 0 Å². The number of aliphatic hydroxyl groups is 3. The minimum atomic E-state index is -1.44. The van der Waals surface area contributed by atoms with Crippen molar-refractivity contribution in [2.45, 2.75) is 24.6 Å². The van der Waals surface area contributed by atoms with E-state index in [1.54, 1.807) is 30.3 Å². The lowest BCUT2D eigenvalue weighted by molar-refractivity contribution is -0.135. The van der Waals surface area contributed by atoms with E-state index in [2.05, 4.69) is 0 Å². The zero-order valence-electron chi connectivity index (χ0n) is 9.47. The Bertz CT molecular complexity index is 406. The number of hydrogen-bond acceptors (Lipinski definition) is 6. The predicted octanol–water partition coefficient (Wildman–Crippen LogP) is -0.718. The monoisotopic (exact) mass is 254 g/mol. The molecule has 4 unspecified atom stereocenters. The van der Waals surface area contributed by atoms with Gasteiger partial charge in [0.1, 0.15) is 12.2 Å². The third kappa shape index (κ3) is 2.51. The van der Waals surface area contributed by atoms with Crippen LogP contribution < -0.4 is 0 Å². The molecule has 1 aliphatic rings. The number of rotatable bonds is 3. The molecule has 0 bridgehead atoms. The third-order valence-corrected chi connectivity index (χ3v) is 2.75. The number of esters is 1. The standard InChI is InChI=1S/C12H14O6/c13-6-8-9(14)10(12(16)17-8)18-11(15)7-4-2-1-3-5-7/h1-5,8-10,12-14,16H,6H2. The first-order valence-corrected chi connectivity index (χ1v) is 5.52. The Morgan fingerprint density at radius 2 is 1.94 bits per heavy atom. The molecule has 0 spiro atoms. The maximum atomic E-state index is 11.7. The van der Waals surface area contributed by atoms with Gasteiger partial charge in [-0.05, 0) is 12.1 Å². The minimum Gasteiger partial charge on any atom is -0.450 e. The molecule has 0 radical (unpaired) electrons. The van der Waals surface area contributed by atoms with Crippen LogP contribution in [0.5, 0.6) is 0 Å². The van der Waals surface area contributed by atoms with E-state index in [0.717, 1.165) is 0 Å². The molecule has 0 amide bonds. The van der Waals surface area contributed by atoms with E-state index in [-0.39, 0.29) is 0 Å². The van der Waals surface area contributed by atoms with E-state index >= 15 is 0 Å². The van der Waals surface area contributed by atoms with Crippen LogP contribution in [0.2, 0.25) is 0 Å². The summed E-state index contributed by atoms with van der Waals surface area (Å²) in [5, 5.41) is 28.1. The average molecular weight is 254 g/mol. The first-order valence-electron chi connectivity index (χ1n) is 5.52. The quantitative estimate of drug-likeness (QED) is 0.616. The zero-order chi connectivity index (χ0) is 13.1. The SMILES string of the molecule is O=C(OC1C(O)OC(CO)C1O)c1ccccc1. The second-order valence-corrected chi connectivity index (χ2v) is 3.97. The lowest BCUT2D eigenvalue weighted by atomic mass is 10.1. The molecule has 0 aliphatic carbocycles. The highest BCUT2D eigenvalue weighted by molar-refractivity contribution is 5.89. The molecular formula is C12H14O6. The Hall–Kier alpha value is -1.47. The van der Waals surface area contributed by atoms with Crippen molar-refractivity contribution in [3.63, 3.8) is 0 Å². The van der Waals surface area contributed by atoms with Crippen LogP contribution in [0.4, 0.5) is 0 Å². The van der Waals surface area contributed by atoms with Gasteiger partial charge in [0.25, 0.3) is 0 Å². The normalized spacial score (nSPS) is 31.3. The van der Waals surface area contributed by atoms with Crippen LogP contribution >= 0.6 is 0 Å². The van der Waals surface area contributed by atoms with E-state index < -0.39 is 37.2 Å². The maximum Gasteiger partial charge on any atom is 0.338 e. The van der Waals surface area contributed by atoms with Gasteiger partial charge in [-0.1, -0.05) is 18.2 Å². The molecule has 1 aliphatic heterocycles. The van der Waals surface area contributed by atoms with Gasteiger partial charge >= 0.3 is 5.97 Å². The van der Waals surface area contributed by atoms with Gasteiger partial charge in [0, 0.05) is 0 Å². The second-order valence-electron chi connectivity index (χ2n) is 3.97. The van der Waals surface area contributed by atoms with Gasteiger partial charge in [-0.3, -0.25) is 0 Å². The molecule has 1 aromatic rings. The Labute approximate surface area is 103 Å². The first-order chi connectivity index (χ1) is 8.63. The molecule has 1 fully saturated rings. The van der Waals surface area contributed by atoms with Crippen molar-refractivity contribution < 1.29 is 29.6 Å². The molecular weight excluding hydrogens is 240 g/mol. The topological polar surface area (TPSA) is 96.2 Å².